The Morgan fingerprint density at radius 3 is 2.56 bits per heavy atom. The average Bonchev–Trinajstić information content (AvgIpc) is 3.26. The fourth-order valence-corrected chi connectivity index (χ4v) is 3.18. The van der Waals surface area contributed by atoms with Gasteiger partial charge < -0.3 is 14.4 Å². The number of hydrogen-bond acceptors (Lipinski definition) is 5. The average molecular weight is 432 g/mol. The monoisotopic (exact) mass is 432 g/mol. The molecule has 1 amide bonds. The van der Waals surface area contributed by atoms with Gasteiger partial charge in [0.15, 0.2) is 0 Å². The van der Waals surface area contributed by atoms with Gasteiger partial charge in [-0.05, 0) is 54.4 Å². The zero-order valence-corrected chi connectivity index (χ0v) is 17.2. The summed E-state index contributed by atoms with van der Waals surface area (Å²) in [5, 5.41) is 6.75. The van der Waals surface area contributed by atoms with E-state index in [1.165, 1.54) is 18.2 Å². The molecule has 0 radical (unpaired) electrons. The molecule has 4 aromatic rings. The van der Waals surface area contributed by atoms with Crippen LogP contribution in [0.4, 0.5) is 10.1 Å². The van der Waals surface area contributed by atoms with E-state index in [0.717, 1.165) is 5.56 Å². The summed E-state index contributed by atoms with van der Waals surface area (Å²) < 4.78 is 19.8. The molecule has 0 atom stereocenters. The molecular formula is C24H21FN4O3. The number of pyridine rings is 1. The molecule has 0 unspecified atom stereocenters. The van der Waals surface area contributed by atoms with Gasteiger partial charge in [-0.15, -0.1) is 0 Å². The normalized spacial score (nSPS) is 10.8. The Balaban J connectivity index is 1.24. The number of carbonyl (C=O) groups is 1. The van der Waals surface area contributed by atoms with Crippen LogP contribution in [-0.4, -0.2) is 20.6 Å². The summed E-state index contributed by atoms with van der Waals surface area (Å²) >= 11 is 0. The van der Waals surface area contributed by atoms with E-state index in [1.54, 1.807) is 29.0 Å². The highest BCUT2D eigenvalue weighted by Crippen LogP contribution is 2.17. The Morgan fingerprint density at radius 2 is 1.81 bits per heavy atom. The molecule has 2 heterocycles. The van der Waals surface area contributed by atoms with Gasteiger partial charge in [0.2, 0.25) is 17.6 Å². The Kier molecular flexibility index (Phi) is 6.50. The van der Waals surface area contributed by atoms with Gasteiger partial charge >= 0.3 is 0 Å². The van der Waals surface area contributed by atoms with Crippen molar-refractivity contribution in [3.05, 3.63) is 101 Å². The van der Waals surface area contributed by atoms with Crippen LogP contribution in [0.1, 0.15) is 24.3 Å². The predicted octanol–water partition coefficient (Wildman–Crippen LogP) is 4.05. The van der Waals surface area contributed by atoms with Crippen LogP contribution in [0.15, 0.2) is 82.2 Å². The Bertz CT molecular complexity index is 1250. The number of aromatic nitrogens is 3. The van der Waals surface area contributed by atoms with Gasteiger partial charge in [0.1, 0.15) is 5.82 Å². The van der Waals surface area contributed by atoms with E-state index in [4.69, 9.17) is 4.52 Å². The first-order valence-corrected chi connectivity index (χ1v) is 10.2. The third-order valence-electron chi connectivity index (χ3n) is 4.85. The van der Waals surface area contributed by atoms with Crippen molar-refractivity contribution in [2.45, 2.75) is 25.8 Å². The molecule has 0 spiro atoms. The highest BCUT2D eigenvalue weighted by atomic mass is 19.1. The number of amides is 1. The first-order valence-electron chi connectivity index (χ1n) is 10.2. The molecule has 2 aromatic carbocycles. The first-order chi connectivity index (χ1) is 15.6. The van der Waals surface area contributed by atoms with Crippen molar-refractivity contribution in [3.8, 4) is 11.4 Å². The van der Waals surface area contributed by atoms with E-state index >= 15 is 0 Å². The summed E-state index contributed by atoms with van der Waals surface area (Å²) in [5.74, 6) is 0.375. The Hall–Kier alpha value is -4.07. The fraction of sp³-hybridized carbons (Fsp3) is 0.167. The summed E-state index contributed by atoms with van der Waals surface area (Å²) in [6, 6.07) is 18.3. The van der Waals surface area contributed by atoms with Gasteiger partial charge in [0.25, 0.3) is 5.56 Å². The van der Waals surface area contributed by atoms with Crippen molar-refractivity contribution in [2.24, 2.45) is 0 Å². The maximum Gasteiger partial charge on any atom is 0.250 e. The van der Waals surface area contributed by atoms with Crippen LogP contribution >= 0.6 is 0 Å². The molecule has 0 aliphatic rings. The molecule has 162 valence electrons. The molecule has 32 heavy (non-hydrogen) atoms. The molecule has 0 fully saturated rings. The van der Waals surface area contributed by atoms with Crippen molar-refractivity contribution >= 4 is 11.6 Å². The minimum atomic E-state index is -0.329. The van der Waals surface area contributed by atoms with Crippen LogP contribution in [0.2, 0.25) is 0 Å². The molecule has 4 rings (SSSR count). The SMILES string of the molecule is O=C(CCCc1nc(-c2ccc(F)cc2)no1)Nc1ccc(Cn2ccccc2=O)cc1. The van der Waals surface area contributed by atoms with E-state index in [1.807, 2.05) is 30.3 Å². The zero-order valence-electron chi connectivity index (χ0n) is 17.2. The van der Waals surface area contributed by atoms with Crippen molar-refractivity contribution < 1.29 is 13.7 Å². The lowest BCUT2D eigenvalue weighted by molar-refractivity contribution is -0.116. The van der Waals surface area contributed by atoms with Gasteiger partial charge in [-0.3, -0.25) is 9.59 Å². The lowest BCUT2D eigenvalue weighted by atomic mass is 10.2. The molecule has 1 N–H and O–H groups in total. The van der Waals surface area contributed by atoms with Gasteiger partial charge in [0, 0.05) is 36.4 Å². The number of carbonyl (C=O) groups excluding carboxylic acids is 1. The van der Waals surface area contributed by atoms with Crippen LogP contribution in [0, 0.1) is 5.82 Å². The van der Waals surface area contributed by atoms with Gasteiger partial charge in [-0.25, -0.2) is 4.39 Å². The van der Waals surface area contributed by atoms with Crippen molar-refractivity contribution in [3.63, 3.8) is 0 Å². The molecule has 2 aromatic heterocycles. The smallest absolute Gasteiger partial charge is 0.250 e. The maximum atomic E-state index is 13.0. The summed E-state index contributed by atoms with van der Waals surface area (Å²) in [6.45, 7) is 0.470. The summed E-state index contributed by atoms with van der Waals surface area (Å²) in [4.78, 5) is 28.3. The number of halogens is 1. The first kappa shape index (κ1) is 21.2. The minimum absolute atomic E-state index is 0.0593. The third-order valence-corrected chi connectivity index (χ3v) is 4.85. The topological polar surface area (TPSA) is 90.0 Å². The molecule has 0 saturated heterocycles. The van der Waals surface area contributed by atoms with E-state index in [9.17, 15) is 14.0 Å². The third kappa shape index (κ3) is 5.54. The highest BCUT2D eigenvalue weighted by Gasteiger charge is 2.10. The van der Waals surface area contributed by atoms with Gasteiger partial charge in [-0.1, -0.05) is 23.4 Å². The molecule has 8 heteroatoms. The maximum absolute atomic E-state index is 13.0. The van der Waals surface area contributed by atoms with Gasteiger partial charge in [-0.2, -0.15) is 4.98 Å². The number of anilines is 1. The quantitative estimate of drug-likeness (QED) is 0.454. The van der Waals surface area contributed by atoms with E-state index in [2.05, 4.69) is 15.5 Å². The Morgan fingerprint density at radius 1 is 1.03 bits per heavy atom. The second kappa shape index (κ2) is 9.82. The Labute approximate surface area is 183 Å². The largest absolute Gasteiger partial charge is 0.339 e. The predicted molar refractivity (Wildman–Crippen MR) is 118 cm³/mol. The lowest BCUT2D eigenvalue weighted by Gasteiger charge is -2.08. The highest BCUT2D eigenvalue weighted by molar-refractivity contribution is 5.90. The minimum Gasteiger partial charge on any atom is -0.339 e. The number of rotatable bonds is 8. The second-order valence-electron chi connectivity index (χ2n) is 7.28. The van der Waals surface area contributed by atoms with E-state index in [0.29, 0.717) is 48.8 Å². The van der Waals surface area contributed by atoms with E-state index < -0.39 is 0 Å². The molecule has 7 nitrogen and oxygen atoms in total. The van der Waals surface area contributed by atoms with Crippen molar-refractivity contribution in [1.82, 2.24) is 14.7 Å². The molecule has 0 saturated carbocycles. The molecule has 0 aliphatic carbocycles. The van der Waals surface area contributed by atoms with E-state index in [-0.39, 0.29) is 17.3 Å². The number of aryl methyl sites for hydroxylation is 1. The van der Waals surface area contributed by atoms with Crippen molar-refractivity contribution in [2.75, 3.05) is 5.32 Å². The number of benzene rings is 2. The van der Waals surface area contributed by atoms with Crippen LogP contribution in [0.25, 0.3) is 11.4 Å². The second-order valence-corrected chi connectivity index (χ2v) is 7.28. The van der Waals surface area contributed by atoms with Crippen molar-refractivity contribution in [1.29, 1.82) is 0 Å². The van der Waals surface area contributed by atoms with Crippen LogP contribution in [0.5, 0.6) is 0 Å². The number of nitrogens with zero attached hydrogens (tertiary/aromatic N) is 3. The number of nitrogens with one attached hydrogen (secondary N) is 1. The van der Waals surface area contributed by atoms with Gasteiger partial charge in [0.05, 0.1) is 6.54 Å². The van der Waals surface area contributed by atoms with Crippen LogP contribution in [-0.2, 0) is 17.8 Å². The summed E-state index contributed by atoms with van der Waals surface area (Å²) in [5.41, 5.74) is 2.26. The summed E-state index contributed by atoms with van der Waals surface area (Å²) in [7, 11) is 0. The number of hydrogen-bond donors (Lipinski definition) is 1. The zero-order chi connectivity index (χ0) is 22.3. The van der Waals surface area contributed by atoms with Crippen LogP contribution in [0.3, 0.4) is 0 Å². The molecule has 0 aliphatic heterocycles. The standard InChI is InChI=1S/C24H21FN4O3/c25-19-11-9-18(10-12-19)24-27-22(32-28-24)5-3-4-21(30)26-20-13-7-17(8-14-20)16-29-15-2-1-6-23(29)31/h1-2,6-15H,3-5,16H2,(H,26,30). The summed E-state index contributed by atoms with van der Waals surface area (Å²) in [6.07, 6.45) is 3.05. The van der Waals surface area contributed by atoms with Crippen LogP contribution < -0.4 is 10.9 Å². The molecular weight excluding hydrogens is 411 g/mol. The molecule has 0 bridgehead atoms. The fourth-order valence-electron chi connectivity index (χ4n) is 3.18. The lowest BCUT2D eigenvalue weighted by Crippen LogP contribution is -2.18.